The minimum absolute atomic E-state index is 0.120. The first-order valence-electron chi connectivity index (χ1n) is 7.21. The number of carbonyl (C=O) groups is 1. The van der Waals surface area contributed by atoms with E-state index in [1.165, 1.54) is 18.5 Å². The van der Waals surface area contributed by atoms with Crippen molar-refractivity contribution in [2.24, 2.45) is 0 Å². The van der Waals surface area contributed by atoms with Gasteiger partial charge in [-0.3, -0.25) is 4.79 Å². The molecule has 0 aliphatic heterocycles. The van der Waals surface area contributed by atoms with Gasteiger partial charge in [-0.2, -0.15) is 5.10 Å². The van der Waals surface area contributed by atoms with Crippen molar-refractivity contribution in [2.75, 3.05) is 11.0 Å². The second kappa shape index (κ2) is 6.86. The SMILES string of the molecule is CS(=O)Nc1ccc(-n2cc(-c3cc(F)c(O)c(C=O)c3)cn2)cc1. The summed E-state index contributed by atoms with van der Waals surface area (Å²) in [4.78, 5) is 10.9. The molecular weight excluding hydrogens is 345 g/mol. The van der Waals surface area contributed by atoms with E-state index in [-0.39, 0.29) is 5.56 Å². The summed E-state index contributed by atoms with van der Waals surface area (Å²) < 4.78 is 29.2. The first-order chi connectivity index (χ1) is 12.0. The molecule has 0 radical (unpaired) electrons. The third-order valence-corrected chi connectivity index (χ3v) is 4.05. The summed E-state index contributed by atoms with van der Waals surface area (Å²) in [6, 6.07) is 9.66. The van der Waals surface area contributed by atoms with Crippen LogP contribution in [0.15, 0.2) is 48.8 Å². The fraction of sp³-hybridized carbons (Fsp3) is 0.0588. The second-order valence-electron chi connectivity index (χ2n) is 5.29. The maximum atomic E-state index is 13.7. The molecule has 2 N–H and O–H groups in total. The van der Waals surface area contributed by atoms with Gasteiger partial charge in [-0.25, -0.2) is 13.3 Å². The van der Waals surface area contributed by atoms with Crippen LogP contribution in [0.2, 0.25) is 0 Å². The number of halogens is 1. The molecule has 3 rings (SSSR count). The zero-order chi connectivity index (χ0) is 18.0. The molecule has 0 aliphatic carbocycles. The second-order valence-corrected chi connectivity index (χ2v) is 6.40. The molecule has 1 heterocycles. The summed E-state index contributed by atoms with van der Waals surface area (Å²) in [6.45, 7) is 0. The van der Waals surface area contributed by atoms with Gasteiger partial charge in [-0.15, -0.1) is 0 Å². The molecule has 0 fully saturated rings. The highest BCUT2D eigenvalue weighted by atomic mass is 32.2. The number of carbonyl (C=O) groups excluding carboxylic acids is 1. The molecule has 0 saturated heterocycles. The quantitative estimate of drug-likeness (QED) is 0.686. The van der Waals surface area contributed by atoms with Crippen LogP contribution in [0.3, 0.4) is 0 Å². The lowest BCUT2D eigenvalue weighted by atomic mass is 10.1. The molecule has 0 bridgehead atoms. The fourth-order valence-electron chi connectivity index (χ4n) is 2.34. The lowest BCUT2D eigenvalue weighted by Crippen LogP contribution is -2.01. The van der Waals surface area contributed by atoms with Crippen LogP contribution < -0.4 is 4.72 Å². The van der Waals surface area contributed by atoms with Crippen molar-refractivity contribution in [3.05, 3.63) is 60.2 Å². The number of aromatic hydroxyl groups is 1. The predicted molar refractivity (Wildman–Crippen MR) is 93.7 cm³/mol. The third-order valence-electron chi connectivity index (χ3n) is 3.53. The van der Waals surface area contributed by atoms with E-state index in [2.05, 4.69) is 9.82 Å². The van der Waals surface area contributed by atoms with Gasteiger partial charge in [0.05, 0.1) is 17.4 Å². The van der Waals surface area contributed by atoms with Gasteiger partial charge < -0.3 is 9.83 Å². The van der Waals surface area contributed by atoms with E-state index in [1.807, 2.05) is 0 Å². The Kier molecular flexibility index (Phi) is 4.62. The van der Waals surface area contributed by atoms with Gasteiger partial charge >= 0.3 is 0 Å². The van der Waals surface area contributed by atoms with Crippen molar-refractivity contribution >= 4 is 23.0 Å². The van der Waals surface area contributed by atoms with Crippen molar-refractivity contribution in [3.63, 3.8) is 0 Å². The van der Waals surface area contributed by atoms with Crippen molar-refractivity contribution in [1.82, 2.24) is 9.78 Å². The lowest BCUT2D eigenvalue weighted by molar-refractivity contribution is 0.112. The molecule has 2 aromatic carbocycles. The summed E-state index contributed by atoms with van der Waals surface area (Å²) in [5.41, 5.74) is 2.38. The van der Waals surface area contributed by atoms with Crippen LogP contribution >= 0.6 is 0 Å². The summed E-state index contributed by atoms with van der Waals surface area (Å²) in [6.07, 6.45) is 5.16. The number of nitrogens with one attached hydrogen (secondary N) is 1. The van der Waals surface area contributed by atoms with E-state index < -0.39 is 22.6 Å². The Bertz CT molecular complexity index is 954. The van der Waals surface area contributed by atoms with Crippen LogP contribution in [0.25, 0.3) is 16.8 Å². The molecule has 1 atom stereocenters. The summed E-state index contributed by atoms with van der Waals surface area (Å²) in [5.74, 6) is -1.53. The van der Waals surface area contributed by atoms with E-state index in [4.69, 9.17) is 0 Å². The number of phenolic OH excluding ortho intramolecular Hbond substituents is 1. The zero-order valence-electron chi connectivity index (χ0n) is 13.1. The maximum Gasteiger partial charge on any atom is 0.166 e. The molecule has 3 aromatic rings. The highest BCUT2D eigenvalue weighted by Crippen LogP contribution is 2.28. The van der Waals surface area contributed by atoms with Crippen LogP contribution in [0.4, 0.5) is 10.1 Å². The normalized spacial score (nSPS) is 11.9. The zero-order valence-corrected chi connectivity index (χ0v) is 14.0. The van der Waals surface area contributed by atoms with Crippen LogP contribution in [0.1, 0.15) is 10.4 Å². The Morgan fingerprint density at radius 1 is 1.24 bits per heavy atom. The monoisotopic (exact) mass is 359 g/mol. The number of benzene rings is 2. The first-order valence-corrected chi connectivity index (χ1v) is 8.77. The van der Waals surface area contributed by atoms with E-state index in [0.717, 1.165) is 11.8 Å². The Hall–Kier alpha value is -3.00. The molecule has 128 valence electrons. The number of aldehydes is 1. The Labute approximate surface area is 145 Å². The number of anilines is 1. The number of hydrogen-bond acceptors (Lipinski definition) is 4. The average molecular weight is 359 g/mol. The Morgan fingerprint density at radius 3 is 2.60 bits per heavy atom. The number of aromatic nitrogens is 2. The maximum absolute atomic E-state index is 13.7. The van der Waals surface area contributed by atoms with E-state index in [0.29, 0.717) is 23.1 Å². The largest absolute Gasteiger partial charge is 0.504 e. The van der Waals surface area contributed by atoms with Gasteiger partial charge in [-0.1, -0.05) is 0 Å². The number of nitrogens with zero attached hydrogens (tertiary/aromatic N) is 2. The number of phenols is 1. The van der Waals surface area contributed by atoms with Gasteiger partial charge in [0.1, 0.15) is 11.0 Å². The van der Waals surface area contributed by atoms with E-state index in [1.54, 1.807) is 35.1 Å². The van der Waals surface area contributed by atoms with Crippen LogP contribution in [-0.2, 0) is 11.0 Å². The highest BCUT2D eigenvalue weighted by molar-refractivity contribution is 7.85. The van der Waals surface area contributed by atoms with Gasteiger partial charge in [0, 0.05) is 23.7 Å². The molecule has 8 heteroatoms. The van der Waals surface area contributed by atoms with Crippen LogP contribution in [0, 0.1) is 5.82 Å². The van der Waals surface area contributed by atoms with Gasteiger partial charge in [0.2, 0.25) is 0 Å². The number of rotatable bonds is 5. The van der Waals surface area contributed by atoms with Gasteiger partial charge in [0.15, 0.2) is 17.9 Å². The molecule has 0 aliphatic rings. The molecule has 1 unspecified atom stereocenters. The van der Waals surface area contributed by atoms with Crippen molar-refractivity contribution in [3.8, 4) is 22.6 Å². The predicted octanol–water partition coefficient (Wildman–Crippen LogP) is 2.90. The van der Waals surface area contributed by atoms with Crippen molar-refractivity contribution < 1.29 is 18.5 Å². The van der Waals surface area contributed by atoms with E-state index >= 15 is 0 Å². The fourth-order valence-corrected chi connectivity index (χ4v) is 2.81. The standard InChI is InChI=1S/C17H14FN3O3S/c1-25(24)20-14-2-4-15(5-3-14)21-9-13(8-19-21)11-6-12(10-22)17(23)16(18)7-11/h2-10,20,23H,1H3. The van der Waals surface area contributed by atoms with Crippen molar-refractivity contribution in [1.29, 1.82) is 0 Å². The van der Waals surface area contributed by atoms with Crippen LogP contribution in [0.5, 0.6) is 5.75 Å². The highest BCUT2D eigenvalue weighted by Gasteiger charge is 2.12. The molecule has 25 heavy (non-hydrogen) atoms. The average Bonchev–Trinajstić information content (AvgIpc) is 3.07. The lowest BCUT2D eigenvalue weighted by Gasteiger charge is -2.05. The van der Waals surface area contributed by atoms with Crippen LogP contribution in [-0.4, -0.2) is 31.6 Å². The summed E-state index contributed by atoms with van der Waals surface area (Å²) in [7, 11) is -1.15. The molecule has 6 nitrogen and oxygen atoms in total. The molecule has 0 spiro atoms. The minimum Gasteiger partial charge on any atom is -0.504 e. The topological polar surface area (TPSA) is 84.2 Å². The molecule has 0 amide bonds. The van der Waals surface area contributed by atoms with E-state index in [9.17, 15) is 18.5 Å². The Balaban J connectivity index is 1.91. The van der Waals surface area contributed by atoms with Gasteiger partial charge in [0.25, 0.3) is 0 Å². The summed E-state index contributed by atoms with van der Waals surface area (Å²) >= 11 is 0. The first kappa shape index (κ1) is 16.8. The smallest absolute Gasteiger partial charge is 0.166 e. The Morgan fingerprint density at radius 2 is 1.96 bits per heavy atom. The summed E-state index contributed by atoms with van der Waals surface area (Å²) in [5, 5.41) is 13.7. The molecule has 1 aromatic heterocycles. The molecule has 0 saturated carbocycles. The minimum atomic E-state index is -1.15. The van der Waals surface area contributed by atoms with Gasteiger partial charge in [-0.05, 0) is 42.0 Å². The molecular formula is C17H14FN3O3S. The number of hydrogen-bond donors (Lipinski definition) is 2. The van der Waals surface area contributed by atoms with Crippen molar-refractivity contribution in [2.45, 2.75) is 0 Å². The third kappa shape index (κ3) is 3.58.